The van der Waals surface area contributed by atoms with Crippen molar-refractivity contribution in [1.82, 2.24) is 15.1 Å². The number of nitrogens with zero attached hydrogens (tertiary/aromatic N) is 3. The SMILES string of the molecule is CN1CCCC(Cc2cc(Br)cnn2)C1. The Balaban J connectivity index is 1.96. The van der Waals surface area contributed by atoms with Crippen LogP contribution in [0.2, 0.25) is 0 Å². The maximum absolute atomic E-state index is 4.16. The van der Waals surface area contributed by atoms with Crippen molar-refractivity contribution >= 4 is 15.9 Å². The Hall–Kier alpha value is -0.480. The van der Waals surface area contributed by atoms with E-state index < -0.39 is 0 Å². The summed E-state index contributed by atoms with van der Waals surface area (Å²) in [5.41, 5.74) is 1.10. The topological polar surface area (TPSA) is 29.0 Å². The maximum atomic E-state index is 4.16. The summed E-state index contributed by atoms with van der Waals surface area (Å²) in [4.78, 5) is 2.40. The predicted molar refractivity (Wildman–Crippen MR) is 63.7 cm³/mol. The fourth-order valence-electron chi connectivity index (χ4n) is 2.22. The molecule has 0 bridgehead atoms. The maximum Gasteiger partial charge on any atom is 0.0645 e. The van der Waals surface area contributed by atoms with E-state index in [-0.39, 0.29) is 0 Å². The Labute approximate surface area is 99.0 Å². The summed E-state index contributed by atoms with van der Waals surface area (Å²) in [5.74, 6) is 0.743. The average molecular weight is 270 g/mol. The third kappa shape index (κ3) is 3.24. The van der Waals surface area contributed by atoms with Gasteiger partial charge in [0.1, 0.15) is 0 Å². The van der Waals surface area contributed by atoms with E-state index in [4.69, 9.17) is 0 Å². The summed E-state index contributed by atoms with van der Waals surface area (Å²) in [6, 6.07) is 2.07. The van der Waals surface area contributed by atoms with Crippen molar-refractivity contribution in [2.45, 2.75) is 19.3 Å². The van der Waals surface area contributed by atoms with Crippen molar-refractivity contribution in [1.29, 1.82) is 0 Å². The molecule has 0 aliphatic carbocycles. The summed E-state index contributed by atoms with van der Waals surface area (Å²) in [7, 11) is 2.19. The molecule has 1 aliphatic rings. The first kappa shape index (κ1) is 11.0. The van der Waals surface area contributed by atoms with Crippen LogP contribution in [0.1, 0.15) is 18.5 Å². The molecule has 82 valence electrons. The first-order valence-corrected chi connectivity index (χ1v) is 6.19. The third-order valence-electron chi connectivity index (χ3n) is 2.89. The molecule has 1 saturated heterocycles. The minimum Gasteiger partial charge on any atom is -0.306 e. The van der Waals surface area contributed by atoms with Gasteiger partial charge in [-0.1, -0.05) is 0 Å². The van der Waals surface area contributed by atoms with Crippen molar-refractivity contribution in [2.75, 3.05) is 20.1 Å². The van der Waals surface area contributed by atoms with E-state index in [0.29, 0.717) is 0 Å². The normalized spacial score (nSPS) is 22.9. The molecule has 1 unspecified atom stereocenters. The second-order valence-electron chi connectivity index (χ2n) is 4.34. The summed E-state index contributed by atoms with van der Waals surface area (Å²) >= 11 is 3.43. The van der Waals surface area contributed by atoms with E-state index in [0.717, 1.165) is 22.5 Å². The molecule has 0 aromatic carbocycles. The van der Waals surface area contributed by atoms with Gasteiger partial charge in [-0.25, -0.2) is 0 Å². The number of hydrogen-bond acceptors (Lipinski definition) is 3. The zero-order valence-electron chi connectivity index (χ0n) is 8.99. The van der Waals surface area contributed by atoms with E-state index in [1.54, 1.807) is 6.20 Å². The lowest BCUT2D eigenvalue weighted by Gasteiger charge is -2.29. The average Bonchev–Trinajstić information content (AvgIpc) is 2.17. The summed E-state index contributed by atoms with van der Waals surface area (Å²) in [6.07, 6.45) is 5.41. The zero-order valence-corrected chi connectivity index (χ0v) is 10.6. The van der Waals surface area contributed by atoms with Gasteiger partial charge < -0.3 is 4.90 Å². The molecule has 0 saturated carbocycles. The van der Waals surface area contributed by atoms with Gasteiger partial charge in [0.2, 0.25) is 0 Å². The number of rotatable bonds is 2. The van der Waals surface area contributed by atoms with Gasteiger partial charge >= 0.3 is 0 Å². The summed E-state index contributed by atoms with van der Waals surface area (Å²) in [5, 5.41) is 8.12. The van der Waals surface area contributed by atoms with Gasteiger partial charge in [-0.2, -0.15) is 10.2 Å². The molecule has 1 aromatic heterocycles. The summed E-state index contributed by atoms with van der Waals surface area (Å²) < 4.78 is 1.02. The number of likely N-dealkylation sites (tertiary alicyclic amines) is 1. The highest BCUT2D eigenvalue weighted by Gasteiger charge is 2.18. The van der Waals surface area contributed by atoms with Gasteiger partial charge in [0, 0.05) is 11.0 Å². The fourth-order valence-corrected chi connectivity index (χ4v) is 2.57. The van der Waals surface area contributed by atoms with Crippen molar-refractivity contribution in [3.63, 3.8) is 0 Å². The molecule has 3 nitrogen and oxygen atoms in total. The minimum atomic E-state index is 0.743. The van der Waals surface area contributed by atoms with E-state index in [2.05, 4.69) is 44.1 Å². The molecule has 0 amide bonds. The van der Waals surface area contributed by atoms with Crippen molar-refractivity contribution in [3.05, 3.63) is 22.4 Å². The smallest absolute Gasteiger partial charge is 0.0645 e. The highest BCUT2D eigenvalue weighted by Crippen LogP contribution is 2.19. The first-order valence-electron chi connectivity index (χ1n) is 5.39. The minimum absolute atomic E-state index is 0.743. The lowest BCUT2D eigenvalue weighted by Crippen LogP contribution is -2.33. The van der Waals surface area contributed by atoms with Gasteiger partial charge in [0.15, 0.2) is 0 Å². The van der Waals surface area contributed by atoms with Crippen LogP contribution in [0.15, 0.2) is 16.7 Å². The summed E-state index contributed by atoms with van der Waals surface area (Å²) in [6.45, 7) is 2.43. The van der Waals surface area contributed by atoms with E-state index in [1.807, 2.05) is 0 Å². The van der Waals surface area contributed by atoms with Crippen LogP contribution < -0.4 is 0 Å². The van der Waals surface area contributed by atoms with Gasteiger partial charge in [-0.3, -0.25) is 0 Å². The van der Waals surface area contributed by atoms with Crippen LogP contribution in [0.5, 0.6) is 0 Å². The van der Waals surface area contributed by atoms with Crippen LogP contribution in [-0.2, 0) is 6.42 Å². The van der Waals surface area contributed by atoms with Crippen molar-refractivity contribution in [2.24, 2.45) is 5.92 Å². The predicted octanol–water partition coefficient (Wildman–Crippen LogP) is 2.12. The van der Waals surface area contributed by atoms with E-state index in [1.165, 1.54) is 25.9 Å². The Morgan fingerprint density at radius 1 is 1.60 bits per heavy atom. The number of hydrogen-bond donors (Lipinski definition) is 0. The molecule has 0 N–H and O–H groups in total. The molecule has 4 heteroatoms. The van der Waals surface area contributed by atoms with Crippen LogP contribution >= 0.6 is 15.9 Å². The van der Waals surface area contributed by atoms with E-state index >= 15 is 0 Å². The first-order chi connectivity index (χ1) is 7.24. The second kappa shape index (κ2) is 5.03. The van der Waals surface area contributed by atoms with Crippen molar-refractivity contribution in [3.8, 4) is 0 Å². The Kier molecular flexibility index (Phi) is 3.70. The quantitative estimate of drug-likeness (QED) is 0.824. The molecule has 0 spiro atoms. The Morgan fingerprint density at radius 3 is 3.20 bits per heavy atom. The number of halogens is 1. The molecule has 1 fully saturated rings. The number of piperidine rings is 1. The lowest BCUT2D eigenvalue weighted by molar-refractivity contribution is 0.208. The standard InChI is InChI=1S/C11H16BrN3/c1-15-4-2-3-9(8-15)5-11-6-10(12)7-13-14-11/h6-7,9H,2-5,8H2,1H3. The molecular weight excluding hydrogens is 254 g/mol. The fraction of sp³-hybridized carbons (Fsp3) is 0.636. The lowest BCUT2D eigenvalue weighted by atomic mass is 9.94. The molecule has 1 aromatic rings. The Bertz CT molecular complexity index is 329. The molecule has 2 heterocycles. The molecule has 0 radical (unpaired) electrons. The van der Waals surface area contributed by atoms with Crippen LogP contribution in [0.25, 0.3) is 0 Å². The highest BCUT2D eigenvalue weighted by molar-refractivity contribution is 9.10. The van der Waals surface area contributed by atoms with Gasteiger partial charge in [0.05, 0.1) is 11.9 Å². The van der Waals surface area contributed by atoms with Crippen LogP contribution in [0.3, 0.4) is 0 Å². The van der Waals surface area contributed by atoms with Crippen LogP contribution in [0, 0.1) is 5.92 Å². The molecule has 15 heavy (non-hydrogen) atoms. The Morgan fingerprint density at radius 2 is 2.47 bits per heavy atom. The number of aromatic nitrogens is 2. The molecule has 1 aliphatic heterocycles. The van der Waals surface area contributed by atoms with Gasteiger partial charge in [-0.15, -0.1) is 0 Å². The molecule has 1 atom stereocenters. The van der Waals surface area contributed by atoms with Crippen LogP contribution in [0.4, 0.5) is 0 Å². The zero-order chi connectivity index (χ0) is 10.7. The van der Waals surface area contributed by atoms with Crippen molar-refractivity contribution < 1.29 is 0 Å². The molecular formula is C11H16BrN3. The monoisotopic (exact) mass is 269 g/mol. The molecule has 2 rings (SSSR count). The van der Waals surface area contributed by atoms with Gasteiger partial charge in [-0.05, 0) is 60.8 Å². The van der Waals surface area contributed by atoms with Gasteiger partial charge in [0.25, 0.3) is 0 Å². The second-order valence-corrected chi connectivity index (χ2v) is 5.26. The van der Waals surface area contributed by atoms with Crippen LogP contribution in [-0.4, -0.2) is 35.2 Å². The van der Waals surface area contributed by atoms with E-state index in [9.17, 15) is 0 Å². The third-order valence-corrected chi connectivity index (χ3v) is 3.33. The largest absolute Gasteiger partial charge is 0.306 e. The highest BCUT2D eigenvalue weighted by atomic mass is 79.9.